The van der Waals surface area contributed by atoms with Crippen LogP contribution in [0.15, 0.2) is 65.5 Å². The zero-order valence-corrected chi connectivity index (χ0v) is 12.9. The molecule has 2 aromatic carbocycles. The third-order valence-corrected chi connectivity index (χ3v) is 4.18. The van der Waals surface area contributed by atoms with Crippen molar-refractivity contribution in [1.29, 1.82) is 0 Å². The Hall–Kier alpha value is -3.28. The van der Waals surface area contributed by atoms with Gasteiger partial charge in [0.05, 0.1) is 12.1 Å². The summed E-state index contributed by atoms with van der Waals surface area (Å²) in [6.45, 7) is 0. The molecule has 4 rings (SSSR count). The van der Waals surface area contributed by atoms with Gasteiger partial charge in [0.1, 0.15) is 5.69 Å². The largest absolute Gasteiger partial charge is 0.369 e. The molecule has 0 fully saturated rings. The molecule has 5 N–H and O–H groups in total. The fourth-order valence-corrected chi connectivity index (χ4v) is 3.07. The van der Waals surface area contributed by atoms with E-state index in [1.54, 1.807) is 0 Å². The highest BCUT2D eigenvalue weighted by Gasteiger charge is 2.32. The maximum Gasteiger partial charge on any atom is 0.277 e. The molecule has 2 heterocycles. The van der Waals surface area contributed by atoms with E-state index >= 15 is 0 Å². The van der Waals surface area contributed by atoms with E-state index in [1.807, 2.05) is 48.5 Å². The topological polar surface area (TPSA) is 95.8 Å². The Bertz CT molecular complexity index is 908. The molecule has 1 aromatic heterocycles. The van der Waals surface area contributed by atoms with Crippen molar-refractivity contribution >= 4 is 17.5 Å². The average Bonchev–Trinajstić information content (AvgIpc) is 2.62. The summed E-state index contributed by atoms with van der Waals surface area (Å²) >= 11 is 0. The van der Waals surface area contributed by atoms with Crippen molar-refractivity contribution in [3.63, 3.8) is 0 Å². The highest BCUT2D eigenvalue weighted by Crippen LogP contribution is 2.39. The Morgan fingerprint density at radius 2 is 1.38 bits per heavy atom. The number of nitrogens with two attached hydrogens (primary N) is 1. The summed E-state index contributed by atoms with van der Waals surface area (Å²) in [4.78, 5) is 19.0. The Kier molecular flexibility index (Phi) is 3.42. The van der Waals surface area contributed by atoms with Crippen LogP contribution in [-0.4, -0.2) is 9.97 Å². The van der Waals surface area contributed by atoms with Crippen LogP contribution in [0.2, 0.25) is 0 Å². The average molecular weight is 319 g/mol. The minimum absolute atomic E-state index is 0.0743. The molecule has 0 aliphatic carbocycles. The van der Waals surface area contributed by atoms with Crippen LogP contribution in [0.1, 0.15) is 23.2 Å². The predicted octanol–water partition coefficient (Wildman–Crippen LogP) is 2.67. The number of nitrogen functional groups attached to an aromatic ring is 1. The Balaban J connectivity index is 1.84. The summed E-state index contributed by atoms with van der Waals surface area (Å²) in [5.74, 6) is 0.565. The number of anilines is 3. The smallest absolute Gasteiger partial charge is 0.277 e. The molecule has 0 radical (unpaired) electrons. The molecule has 0 saturated heterocycles. The molecular formula is C18H17N5O. The Labute approximate surface area is 138 Å². The number of nitrogens with zero attached hydrogens (tertiary/aromatic N) is 1. The highest BCUT2D eigenvalue weighted by molar-refractivity contribution is 5.69. The molecule has 2 atom stereocenters. The second kappa shape index (κ2) is 5.73. The number of hydrogen-bond acceptors (Lipinski definition) is 5. The molecule has 6 nitrogen and oxygen atoms in total. The minimum Gasteiger partial charge on any atom is -0.369 e. The van der Waals surface area contributed by atoms with Crippen LogP contribution in [0.25, 0.3) is 0 Å². The fourth-order valence-electron chi connectivity index (χ4n) is 3.07. The lowest BCUT2D eigenvalue weighted by Gasteiger charge is -2.35. The van der Waals surface area contributed by atoms with Crippen LogP contribution < -0.4 is 21.9 Å². The van der Waals surface area contributed by atoms with Crippen molar-refractivity contribution in [1.82, 2.24) is 9.97 Å². The molecule has 6 heteroatoms. The minimum atomic E-state index is -0.280. The standard InChI is InChI=1S/C18H17N5O/c19-18-22-16-15(17(24)23-18)20-13(11-7-3-1-4-8-11)14(21-16)12-9-5-2-6-10-12/h1-10,13-14,20H,(H4,19,21,22,23,24)/t13-,14+/m0/s1. The third-order valence-electron chi connectivity index (χ3n) is 4.18. The summed E-state index contributed by atoms with van der Waals surface area (Å²) < 4.78 is 0. The van der Waals surface area contributed by atoms with E-state index in [2.05, 4.69) is 32.7 Å². The quantitative estimate of drug-likeness (QED) is 0.582. The summed E-state index contributed by atoms with van der Waals surface area (Å²) in [7, 11) is 0. The van der Waals surface area contributed by atoms with Gasteiger partial charge in [-0.1, -0.05) is 60.7 Å². The Morgan fingerprint density at radius 1 is 0.833 bits per heavy atom. The van der Waals surface area contributed by atoms with Gasteiger partial charge in [0, 0.05) is 0 Å². The van der Waals surface area contributed by atoms with Crippen LogP contribution in [0.4, 0.5) is 17.5 Å². The second-order valence-corrected chi connectivity index (χ2v) is 5.74. The fraction of sp³-hybridized carbons (Fsp3) is 0.111. The van der Waals surface area contributed by atoms with Gasteiger partial charge in [-0.3, -0.25) is 9.78 Å². The van der Waals surface area contributed by atoms with Gasteiger partial charge < -0.3 is 16.4 Å². The molecule has 120 valence electrons. The van der Waals surface area contributed by atoms with Crippen LogP contribution in [0, 0.1) is 0 Å². The van der Waals surface area contributed by atoms with Gasteiger partial charge in [0.2, 0.25) is 5.95 Å². The van der Waals surface area contributed by atoms with Crippen molar-refractivity contribution in [3.8, 4) is 0 Å². The summed E-state index contributed by atoms with van der Waals surface area (Å²) in [6.07, 6.45) is 0. The third kappa shape index (κ3) is 2.48. The number of benzene rings is 2. The highest BCUT2D eigenvalue weighted by atomic mass is 16.1. The number of hydrogen-bond donors (Lipinski definition) is 4. The molecule has 24 heavy (non-hydrogen) atoms. The zero-order chi connectivity index (χ0) is 16.5. The predicted molar refractivity (Wildman–Crippen MR) is 94.9 cm³/mol. The molecule has 0 bridgehead atoms. The molecule has 0 amide bonds. The maximum atomic E-state index is 12.2. The van der Waals surface area contributed by atoms with Crippen molar-refractivity contribution in [2.45, 2.75) is 12.1 Å². The molecule has 1 aliphatic rings. The van der Waals surface area contributed by atoms with E-state index < -0.39 is 0 Å². The number of aromatic nitrogens is 2. The van der Waals surface area contributed by atoms with Gasteiger partial charge in [-0.15, -0.1) is 0 Å². The summed E-state index contributed by atoms with van der Waals surface area (Å²) in [6, 6.07) is 19.9. The normalized spacial score (nSPS) is 19.0. The van der Waals surface area contributed by atoms with E-state index in [9.17, 15) is 4.79 Å². The second-order valence-electron chi connectivity index (χ2n) is 5.74. The molecule has 1 aliphatic heterocycles. The monoisotopic (exact) mass is 319 g/mol. The van der Waals surface area contributed by atoms with Gasteiger partial charge in [0.25, 0.3) is 5.56 Å². The molecule has 0 unspecified atom stereocenters. The van der Waals surface area contributed by atoms with Gasteiger partial charge in [-0.05, 0) is 11.1 Å². The molecule has 3 aromatic rings. The van der Waals surface area contributed by atoms with E-state index in [4.69, 9.17) is 5.73 Å². The first-order chi connectivity index (χ1) is 11.7. The van der Waals surface area contributed by atoms with E-state index in [0.717, 1.165) is 11.1 Å². The van der Waals surface area contributed by atoms with E-state index in [1.165, 1.54) is 0 Å². The first kappa shape index (κ1) is 14.3. The molecular weight excluding hydrogens is 302 g/mol. The first-order valence-corrected chi connectivity index (χ1v) is 7.75. The van der Waals surface area contributed by atoms with Gasteiger partial charge in [-0.25, -0.2) is 0 Å². The lowest BCUT2D eigenvalue weighted by molar-refractivity contribution is 0.629. The number of H-pyrrole nitrogens is 1. The SMILES string of the molecule is Nc1nc2c(c(=O)[nH]1)N[C@@H](c1ccccc1)[C@@H](c1ccccc1)N2. The molecule has 0 saturated carbocycles. The van der Waals surface area contributed by atoms with Crippen LogP contribution >= 0.6 is 0 Å². The van der Waals surface area contributed by atoms with Crippen molar-refractivity contribution in [2.75, 3.05) is 16.4 Å². The zero-order valence-electron chi connectivity index (χ0n) is 12.9. The van der Waals surface area contributed by atoms with E-state index in [0.29, 0.717) is 11.5 Å². The number of aromatic amines is 1. The number of fused-ring (bicyclic) bond motifs is 1. The molecule has 0 spiro atoms. The Morgan fingerprint density at radius 3 is 1.96 bits per heavy atom. The van der Waals surface area contributed by atoms with Gasteiger partial charge in [-0.2, -0.15) is 4.98 Å². The van der Waals surface area contributed by atoms with Gasteiger partial charge in [0.15, 0.2) is 5.82 Å². The van der Waals surface area contributed by atoms with Crippen molar-refractivity contribution in [3.05, 3.63) is 82.1 Å². The van der Waals surface area contributed by atoms with Gasteiger partial charge >= 0.3 is 0 Å². The summed E-state index contributed by atoms with van der Waals surface area (Å²) in [5.41, 5.74) is 7.99. The van der Waals surface area contributed by atoms with E-state index in [-0.39, 0.29) is 23.6 Å². The summed E-state index contributed by atoms with van der Waals surface area (Å²) in [5, 5.41) is 6.70. The lowest BCUT2D eigenvalue weighted by atomic mass is 9.91. The van der Waals surface area contributed by atoms with Crippen molar-refractivity contribution in [2.24, 2.45) is 0 Å². The lowest BCUT2D eigenvalue weighted by Crippen LogP contribution is -2.34. The number of rotatable bonds is 2. The maximum absolute atomic E-state index is 12.2. The van der Waals surface area contributed by atoms with Crippen molar-refractivity contribution < 1.29 is 0 Å². The van der Waals surface area contributed by atoms with Crippen LogP contribution in [0.5, 0.6) is 0 Å². The first-order valence-electron chi connectivity index (χ1n) is 7.75. The van der Waals surface area contributed by atoms with Crippen LogP contribution in [0.3, 0.4) is 0 Å². The van der Waals surface area contributed by atoms with Crippen LogP contribution in [-0.2, 0) is 0 Å². The number of nitrogens with one attached hydrogen (secondary N) is 3.